The lowest BCUT2D eigenvalue weighted by atomic mass is 9.86. The third-order valence-corrected chi connectivity index (χ3v) is 5.25. The monoisotopic (exact) mass is 357 g/mol. The summed E-state index contributed by atoms with van der Waals surface area (Å²) in [5, 5.41) is 20.2. The van der Waals surface area contributed by atoms with Gasteiger partial charge in [-0.3, -0.25) is 0 Å². The maximum atomic E-state index is 11.0. The number of phenolic OH excluding ortho intramolecular Hbond substituents is 1. The number of rotatable bonds is 2. The van der Waals surface area contributed by atoms with E-state index in [4.69, 9.17) is 4.42 Å². The average Bonchev–Trinajstić information content (AvgIpc) is 3.13. The Hall–Kier alpha value is -3.18. The average molecular weight is 357 g/mol. The van der Waals surface area contributed by atoms with E-state index in [1.807, 2.05) is 36.4 Å². The second-order valence-electron chi connectivity index (χ2n) is 7.07. The molecular formula is C22H19N3O2. The Morgan fingerprint density at radius 3 is 2.81 bits per heavy atom. The van der Waals surface area contributed by atoms with Gasteiger partial charge in [0.05, 0.1) is 11.6 Å². The number of likely N-dealkylation sites (N-methyl/N-ethyl adjacent to an activating group) is 1. The van der Waals surface area contributed by atoms with Crippen LogP contribution >= 0.6 is 0 Å². The van der Waals surface area contributed by atoms with Crippen LogP contribution in [0, 0.1) is 0 Å². The van der Waals surface area contributed by atoms with E-state index in [0.29, 0.717) is 17.8 Å². The van der Waals surface area contributed by atoms with Gasteiger partial charge in [0.2, 0.25) is 0 Å². The second kappa shape index (κ2) is 6.21. The molecule has 0 amide bonds. The molecule has 0 fully saturated rings. The van der Waals surface area contributed by atoms with Crippen LogP contribution in [0.1, 0.15) is 22.8 Å². The zero-order chi connectivity index (χ0) is 18.4. The van der Waals surface area contributed by atoms with Gasteiger partial charge in [0, 0.05) is 35.8 Å². The maximum absolute atomic E-state index is 11.0. The Kier molecular flexibility index (Phi) is 3.69. The number of aromatic nitrogens is 2. The van der Waals surface area contributed by atoms with Gasteiger partial charge < -0.3 is 14.4 Å². The normalized spacial score (nSPS) is 17.1. The number of furan rings is 1. The predicted octanol–water partition coefficient (Wildman–Crippen LogP) is 4.17. The summed E-state index contributed by atoms with van der Waals surface area (Å²) in [5.74, 6) is 1.28. The summed E-state index contributed by atoms with van der Waals surface area (Å²) < 4.78 is 6.14. The number of benzene rings is 2. The van der Waals surface area contributed by atoms with Gasteiger partial charge in [-0.2, -0.15) is 10.2 Å². The van der Waals surface area contributed by atoms with E-state index in [1.165, 1.54) is 0 Å². The van der Waals surface area contributed by atoms with E-state index in [1.54, 1.807) is 6.20 Å². The molecule has 2 aromatic heterocycles. The summed E-state index contributed by atoms with van der Waals surface area (Å²) in [6.07, 6.45) is 1.63. The number of fused-ring (bicyclic) bond motifs is 2. The Morgan fingerprint density at radius 2 is 2.00 bits per heavy atom. The quantitative estimate of drug-likeness (QED) is 0.583. The van der Waals surface area contributed by atoms with Crippen molar-refractivity contribution in [3.05, 3.63) is 77.7 Å². The third kappa shape index (κ3) is 2.67. The first-order valence-electron chi connectivity index (χ1n) is 9.00. The van der Waals surface area contributed by atoms with Crippen LogP contribution in [0.2, 0.25) is 0 Å². The van der Waals surface area contributed by atoms with E-state index >= 15 is 0 Å². The van der Waals surface area contributed by atoms with Gasteiger partial charge in [0.15, 0.2) is 0 Å². The molecule has 5 nitrogen and oxygen atoms in total. The van der Waals surface area contributed by atoms with Gasteiger partial charge in [-0.05, 0) is 42.9 Å². The van der Waals surface area contributed by atoms with Crippen molar-refractivity contribution in [1.29, 1.82) is 0 Å². The Morgan fingerprint density at radius 1 is 1.11 bits per heavy atom. The van der Waals surface area contributed by atoms with Crippen LogP contribution in [0.25, 0.3) is 22.2 Å². The van der Waals surface area contributed by atoms with Crippen molar-refractivity contribution in [2.24, 2.45) is 0 Å². The fraction of sp³-hybridized carbons (Fsp3) is 0.182. The van der Waals surface area contributed by atoms with Gasteiger partial charge in [-0.15, -0.1) is 0 Å². The zero-order valence-electron chi connectivity index (χ0n) is 15.0. The van der Waals surface area contributed by atoms with E-state index in [2.05, 4.69) is 40.3 Å². The highest BCUT2D eigenvalue weighted by atomic mass is 16.3. The Labute approximate surface area is 156 Å². The first-order valence-corrected chi connectivity index (χ1v) is 9.00. The molecule has 4 aromatic rings. The van der Waals surface area contributed by atoms with Crippen LogP contribution in [0.15, 0.2) is 65.2 Å². The summed E-state index contributed by atoms with van der Waals surface area (Å²) >= 11 is 0. The molecule has 5 heteroatoms. The molecule has 1 unspecified atom stereocenters. The van der Waals surface area contributed by atoms with Crippen LogP contribution in [0.5, 0.6) is 5.75 Å². The van der Waals surface area contributed by atoms with Gasteiger partial charge in [0.1, 0.15) is 17.1 Å². The molecule has 0 saturated carbocycles. The van der Waals surface area contributed by atoms with Gasteiger partial charge >= 0.3 is 0 Å². The minimum absolute atomic E-state index is 0.0768. The van der Waals surface area contributed by atoms with Crippen molar-refractivity contribution in [2.75, 3.05) is 13.6 Å². The summed E-state index contributed by atoms with van der Waals surface area (Å²) in [5.41, 5.74) is 4.31. The summed E-state index contributed by atoms with van der Waals surface area (Å²) in [6, 6.07) is 17.9. The van der Waals surface area contributed by atoms with Crippen molar-refractivity contribution in [3.8, 4) is 17.0 Å². The molecule has 0 saturated heterocycles. The molecule has 1 aliphatic rings. The van der Waals surface area contributed by atoms with Gasteiger partial charge in [0.25, 0.3) is 0 Å². The zero-order valence-corrected chi connectivity index (χ0v) is 15.0. The number of aromatic hydroxyl groups is 1. The smallest absolute Gasteiger partial charge is 0.134 e. The molecule has 0 spiro atoms. The van der Waals surface area contributed by atoms with Crippen molar-refractivity contribution < 1.29 is 9.52 Å². The molecule has 1 N–H and O–H groups in total. The molecule has 0 radical (unpaired) electrons. The fourth-order valence-electron chi connectivity index (χ4n) is 3.96. The maximum Gasteiger partial charge on any atom is 0.134 e. The standard InChI is InChI=1S/C22H19N3O2/c1-25-12-17(21-11-14-5-2-3-7-20(14)27-21)15-8-9-16(22(26)18(15)13-25)19-6-4-10-23-24-19/h2-11,17,26H,12-13H2,1H3. The molecule has 0 aliphatic carbocycles. The van der Waals surface area contributed by atoms with E-state index in [9.17, 15) is 5.11 Å². The first kappa shape index (κ1) is 16.0. The topological polar surface area (TPSA) is 62.4 Å². The first-order chi connectivity index (χ1) is 13.2. The van der Waals surface area contributed by atoms with Crippen molar-refractivity contribution in [2.45, 2.75) is 12.5 Å². The van der Waals surface area contributed by atoms with Crippen molar-refractivity contribution in [3.63, 3.8) is 0 Å². The van der Waals surface area contributed by atoms with Crippen LogP contribution in [0.4, 0.5) is 0 Å². The third-order valence-electron chi connectivity index (χ3n) is 5.25. The Bertz CT molecular complexity index is 1090. The largest absolute Gasteiger partial charge is 0.507 e. The molecule has 0 bridgehead atoms. The van der Waals surface area contributed by atoms with E-state index < -0.39 is 0 Å². The van der Waals surface area contributed by atoms with Gasteiger partial charge in [-0.1, -0.05) is 24.3 Å². The highest BCUT2D eigenvalue weighted by Gasteiger charge is 2.30. The van der Waals surface area contributed by atoms with Crippen LogP contribution < -0.4 is 0 Å². The lowest BCUT2D eigenvalue weighted by Gasteiger charge is -2.32. The minimum Gasteiger partial charge on any atom is -0.507 e. The molecule has 5 rings (SSSR count). The minimum atomic E-state index is 0.0768. The second-order valence-corrected chi connectivity index (χ2v) is 7.07. The molecule has 3 heterocycles. The van der Waals surface area contributed by atoms with Crippen LogP contribution in [0.3, 0.4) is 0 Å². The SMILES string of the molecule is CN1Cc2c(ccc(-c3cccnn3)c2O)C(c2cc3ccccc3o2)C1. The lowest BCUT2D eigenvalue weighted by Crippen LogP contribution is -2.31. The predicted molar refractivity (Wildman–Crippen MR) is 104 cm³/mol. The molecule has 2 aromatic carbocycles. The summed E-state index contributed by atoms with van der Waals surface area (Å²) in [4.78, 5) is 2.21. The number of nitrogens with zero attached hydrogens (tertiary/aromatic N) is 3. The molecule has 27 heavy (non-hydrogen) atoms. The lowest BCUT2D eigenvalue weighted by molar-refractivity contribution is 0.276. The highest BCUT2D eigenvalue weighted by molar-refractivity contribution is 5.78. The number of hydrogen-bond acceptors (Lipinski definition) is 5. The van der Waals surface area contributed by atoms with E-state index in [0.717, 1.165) is 34.4 Å². The Balaban J connectivity index is 1.64. The van der Waals surface area contributed by atoms with Gasteiger partial charge in [-0.25, -0.2) is 0 Å². The molecule has 134 valence electrons. The van der Waals surface area contributed by atoms with Crippen LogP contribution in [-0.2, 0) is 6.54 Å². The molecule has 1 atom stereocenters. The van der Waals surface area contributed by atoms with Crippen LogP contribution in [-0.4, -0.2) is 33.8 Å². The number of hydrogen-bond donors (Lipinski definition) is 1. The highest BCUT2D eigenvalue weighted by Crippen LogP contribution is 2.42. The van der Waals surface area contributed by atoms with E-state index in [-0.39, 0.29) is 11.7 Å². The summed E-state index contributed by atoms with van der Waals surface area (Å²) in [7, 11) is 2.06. The van der Waals surface area contributed by atoms with Crippen molar-refractivity contribution >= 4 is 11.0 Å². The molecule has 1 aliphatic heterocycles. The van der Waals surface area contributed by atoms with Crippen molar-refractivity contribution in [1.82, 2.24) is 15.1 Å². The molecular weight excluding hydrogens is 338 g/mol. The number of phenols is 1. The number of para-hydroxylation sites is 1. The summed E-state index contributed by atoms with van der Waals surface area (Å²) in [6.45, 7) is 1.53. The fourth-order valence-corrected chi connectivity index (χ4v) is 3.96.